The molecule has 5 nitrogen and oxygen atoms in total. The molecule has 0 fully saturated rings. The van der Waals surface area contributed by atoms with Crippen LogP contribution in [0.3, 0.4) is 0 Å². The fourth-order valence-electron chi connectivity index (χ4n) is 2.20. The third-order valence-electron chi connectivity index (χ3n) is 3.65. The standard InChI is InChI=1S/C21H18Cl4N2O3/c22-18-11-17(28-10-7-20(24)25)12-19(23)21(18)29-8-1-2-9-30-27-14-16-5-3-15(13-26)4-6-16/h3-7,11-12,14H,1-2,8-10H2. The summed E-state index contributed by atoms with van der Waals surface area (Å²) in [6, 6.07) is 12.3. The molecule has 2 aromatic rings. The largest absolute Gasteiger partial charge is 0.490 e. The number of halogens is 4. The second-order valence-corrected chi connectivity index (χ2v) is 7.70. The van der Waals surface area contributed by atoms with Crippen LogP contribution in [0.2, 0.25) is 10.0 Å². The summed E-state index contributed by atoms with van der Waals surface area (Å²) in [6.45, 7) is 1.07. The maximum absolute atomic E-state index is 8.76. The highest BCUT2D eigenvalue weighted by molar-refractivity contribution is 6.55. The van der Waals surface area contributed by atoms with Crippen molar-refractivity contribution in [2.45, 2.75) is 12.8 Å². The van der Waals surface area contributed by atoms with Crippen molar-refractivity contribution >= 4 is 52.6 Å². The van der Waals surface area contributed by atoms with Gasteiger partial charge in [0.2, 0.25) is 0 Å². The zero-order valence-corrected chi connectivity index (χ0v) is 18.8. The molecule has 0 aliphatic heterocycles. The van der Waals surface area contributed by atoms with Gasteiger partial charge in [0, 0.05) is 12.1 Å². The van der Waals surface area contributed by atoms with Crippen molar-refractivity contribution in [3.05, 3.63) is 68.1 Å². The predicted molar refractivity (Wildman–Crippen MR) is 121 cm³/mol. The number of hydrogen-bond acceptors (Lipinski definition) is 5. The monoisotopic (exact) mass is 486 g/mol. The third kappa shape index (κ3) is 8.73. The first-order valence-corrected chi connectivity index (χ1v) is 10.4. The number of ether oxygens (including phenoxy) is 2. The Kier molecular flexibility index (Phi) is 10.7. The maximum Gasteiger partial charge on any atom is 0.156 e. The molecule has 0 saturated carbocycles. The van der Waals surface area contributed by atoms with Crippen molar-refractivity contribution in [3.63, 3.8) is 0 Å². The first-order chi connectivity index (χ1) is 14.5. The van der Waals surface area contributed by atoms with Gasteiger partial charge in [-0.1, -0.05) is 63.7 Å². The van der Waals surface area contributed by atoms with Gasteiger partial charge in [-0.05, 0) is 36.6 Å². The molecule has 0 spiro atoms. The minimum Gasteiger partial charge on any atom is -0.490 e. The first kappa shape index (κ1) is 24.2. The summed E-state index contributed by atoms with van der Waals surface area (Å²) < 4.78 is 11.2. The molecule has 0 aromatic heterocycles. The SMILES string of the molecule is N#Cc1ccc(C=NOCCCCOc2c(Cl)cc(OCC=C(Cl)Cl)cc2Cl)cc1. The van der Waals surface area contributed by atoms with E-state index < -0.39 is 0 Å². The lowest BCUT2D eigenvalue weighted by molar-refractivity contribution is 0.137. The molecule has 0 saturated heterocycles. The van der Waals surface area contributed by atoms with Gasteiger partial charge in [0.25, 0.3) is 0 Å². The number of rotatable bonds is 11. The molecule has 9 heteroatoms. The molecule has 0 aliphatic rings. The summed E-state index contributed by atoms with van der Waals surface area (Å²) in [4.78, 5) is 5.22. The van der Waals surface area contributed by atoms with Gasteiger partial charge in [0.05, 0.1) is 34.5 Å². The Labute approximate surface area is 195 Å². The zero-order valence-electron chi connectivity index (χ0n) is 15.8. The van der Waals surface area contributed by atoms with Crippen LogP contribution in [0.15, 0.2) is 52.1 Å². The molecule has 0 atom stereocenters. The predicted octanol–water partition coefficient (Wildman–Crippen LogP) is 6.77. The second-order valence-electron chi connectivity index (χ2n) is 5.88. The smallest absolute Gasteiger partial charge is 0.156 e. The average molecular weight is 488 g/mol. The van der Waals surface area contributed by atoms with Gasteiger partial charge >= 0.3 is 0 Å². The van der Waals surface area contributed by atoms with Crippen molar-refractivity contribution in [1.29, 1.82) is 5.26 Å². The van der Waals surface area contributed by atoms with Crippen LogP contribution < -0.4 is 9.47 Å². The highest BCUT2D eigenvalue weighted by Crippen LogP contribution is 2.37. The van der Waals surface area contributed by atoms with Crippen LogP contribution in [0.1, 0.15) is 24.0 Å². The van der Waals surface area contributed by atoms with E-state index in [0.29, 0.717) is 40.3 Å². The van der Waals surface area contributed by atoms with E-state index in [4.69, 9.17) is 66.0 Å². The molecular weight excluding hydrogens is 470 g/mol. The molecule has 0 heterocycles. The number of unbranched alkanes of at least 4 members (excludes halogenated alkanes) is 1. The Balaban J connectivity index is 1.68. The lowest BCUT2D eigenvalue weighted by Crippen LogP contribution is -2.01. The Morgan fingerprint density at radius 2 is 1.67 bits per heavy atom. The highest BCUT2D eigenvalue weighted by Gasteiger charge is 2.10. The minimum absolute atomic E-state index is 0.121. The van der Waals surface area contributed by atoms with E-state index >= 15 is 0 Å². The fourth-order valence-corrected chi connectivity index (χ4v) is 2.90. The number of nitrogens with zero attached hydrogens (tertiary/aromatic N) is 2. The number of nitriles is 1. The molecule has 0 radical (unpaired) electrons. The van der Waals surface area contributed by atoms with Crippen LogP contribution in [-0.4, -0.2) is 26.0 Å². The van der Waals surface area contributed by atoms with Gasteiger partial charge in [-0.15, -0.1) is 0 Å². The number of oxime groups is 1. The number of hydrogen-bond donors (Lipinski definition) is 0. The Morgan fingerprint density at radius 3 is 2.30 bits per heavy atom. The first-order valence-electron chi connectivity index (χ1n) is 8.91. The maximum atomic E-state index is 8.76. The molecule has 0 aliphatic carbocycles. The van der Waals surface area contributed by atoms with Gasteiger partial charge < -0.3 is 14.3 Å². The van der Waals surface area contributed by atoms with Gasteiger partial charge in [0.1, 0.15) is 23.5 Å². The van der Waals surface area contributed by atoms with Crippen molar-refractivity contribution in [2.75, 3.05) is 19.8 Å². The van der Waals surface area contributed by atoms with Crippen LogP contribution in [0.4, 0.5) is 0 Å². The molecular formula is C21H18Cl4N2O3. The summed E-state index contributed by atoms with van der Waals surface area (Å²) in [6.07, 6.45) is 4.58. The van der Waals surface area contributed by atoms with Crippen molar-refractivity contribution in [3.8, 4) is 17.6 Å². The van der Waals surface area contributed by atoms with Gasteiger partial charge in [-0.3, -0.25) is 0 Å². The van der Waals surface area contributed by atoms with Gasteiger partial charge in [-0.2, -0.15) is 5.26 Å². The van der Waals surface area contributed by atoms with Crippen molar-refractivity contribution in [2.24, 2.45) is 5.16 Å². The summed E-state index contributed by atoms with van der Waals surface area (Å²) in [5.41, 5.74) is 1.46. The highest BCUT2D eigenvalue weighted by atomic mass is 35.5. The van der Waals surface area contributed by atoms with Crippen LogP contribution >= 0.6 is 46.4 Å². The average Bonchev–Trinajstić information content (AvgIpc) is 2.71. The van der Waals surface area contributed by atoms with E-state index in [2.05, 4.69) is 11.2 Å². The quantitative estimate of drug-likeness (QED) is 0.199. The van der Waals surface area contributed by atoms with Crippen molar-refractivity contribution in [1.82, 2.24) is 0 Å². The molecule has 2 rings (SSSR count). The van der Waals surface area contributed by atoms with E-state index in [1.54, 1.807) is 42.6 Å². The lowest BCUT2D eigenvalue weighted by Gasteiger charge is -2.12. The topological polar surface area (TPSA) is 63.8 Å². The second kappa shape index (κ2) is 13.3. The lowest BCUT2D eigenvalue weighted by atomic mass is 10.2. The van der Waals surface area contributed by atoms with Crippen molar-refractivity contribution < 1.29 is 14.3 Å². The summed E-state index contributed by atoms with van der Waals surface area (Å²) in [5.74, 6) is 0.882. The molecule has 2 aromatic carbocycles. The summed E-state index contributed by atoms with van der Waals surface area (Å²) in [5, 5.41) is 13.4. The molecule has 158 valence electrons. The van der Waals surface area contributed by atoms with Crippen LogP contribution in [-0.2, 0) is 4.84 Å². The van der Waals surface area contributed by atoms with E-state index in [1.807, 2.05) is 0 Å². The van der Waals surface area contributed by atoms with Crippen LogP contribution in [0, 0.1) is 11.3 Å². The molecule has 30 heavy (non-hydrogen) atoms. The normalized spacial score (nSPS) is 10.5. The van der Waals surface area contributed by atoms with Gasteiger partial charge in [0.15, 0.2) is 5.75 Å². The summed E-state index contributed by atoms with van der Waals surface area (Å²) >= 11 is 23.5. The van der Waals surface area contributed by atoms with Crippen LogP contribution in [0.25, 0.3) is 0 Å². The summed E-state index contributed by atoms with van der Waals surface area (Å²) in [7, 11) is 0. The van der Waals surface area contributed by atoms with Gasteiger partial charge in [-0.25, -0.2) is 0 Å². The number of benzene rings is 2. The molecule has 0 unspecified atom stereocenters. The van der Waals surface area contributed by atoms with E-state index in [-0.39, 0.29) is 11.1 Å². The van der Waals surface area contributed by atoms with E-state index in [9.17, 15) is 0 Å². The molecule has 0 bridgehead atoms. The Hall–Kier alpha value is -2.10. The Morgan fingerprint density at radius 1 is 1.00 bits per heavy atom. The zero-order chi connectivity index (χ0) is 21.8. The minimum atomic E-state index is 0.121. The Bertz CT molecular complexity index is 898. The fraction of sp³-hybridized carbons (Fsp3) is 0.238. The molecule has 0 amide bonds. The van der Waals surface area contributed by atoms with E-state index in [0.717, 1.165) is 18.4 Å². The van der Waals surface area contributed by atoms with E-state index in [1.165, 1.54) is 6.08 Å². The molecule has 0 N–H and O–H groups in total. The third-order valence-corrected chi connectivity index (χ3v) is 4.52. The van der Waals surface area contributed by atoms with Crippen LogP contribution in [0.5, 0.6) is 11.5 Å².